The summed E-state index contributed by atoms with van der Waals surface area (Å²) in [5.41, 5.74) is 0.103. The molecule has 0 saturated heterocycles. The van der Waals surface area contributed by atoms with E-state index in [0.29, 0.717) is 0 Å². The van der Waals surface area contributed by atoms with Crippen LogP contribution in [-0.2, 0) is 6.54 Å². The third-order valence-corrected chi connectivity index (χ3v) is 3.21. The predicted molar refractivity (Wildman–Crippen MR) is 58.8 cm³/mol. The number of unbranched alkanes of at least 4 members (excludes halogenated alkanes) is 1. The molecule has 2 aromatic rings. The van der Waals surface area contributed by atoms with E-state index in [-0.39, 0.29) is 5.56 Å². The number of aryl methyl sites for hydroxylation is 1. The molecule has 0 aliphatic carbocycles. The van der Waals surface area contributed by atoms with Crippen molar-refractivity contribution in [2.45, 2.75) is 26.3 Å². The quantitative estimate of drug-likeness (QED) is 0.775. The topological polar surface area (TPSA) is 34.9 Å². The van der Waals surface area contributed by atoms with Crippen LogP contribution in [0, 0.1) is 0 Å². The summed E-state index contributed by atoms with van der Waals surface area (Å²) in [5, 5.41) is 0.744. The summed E-state index contributed by atoms with van der Waals surface area (Å²) in [5.74, 6) is 0. The second kappa shape index (κ2) is 3.92. The monoisotopic (exact) mass is 208 g/mol. The van der Waals surface area contributed by atoms with Crippen molar-refractivity contribution in [3.05, 3.63) is 28.7 Å². The van der Waals surface area contributed by atoms with Crippen LogP contribution in [0.3, 0.4) is 0 Å². The molecule has 0 aromatic carbocycles. The minimum Gasteiger partial charge on any atom is -0.268 e. The molecule has 0 unspecified atom stereocenters. The number of hydrogen-bond acceptors (Lipinski definition) is 3. The lowest BCUT2D eigenvalue weighted by Gasteiger charge is -1.95. The second-order valence-corrected chi connectivity index (χ2v) is 4.22. The third kappa shape index (κ3) is 1.57. The van der Waals surface area contributed by atoms with Gasteiger partial charge >= 0.3 is 0 Å². The van der Waals surface area contributed by atoms with Crippen molar-refractivity contribution in [2.24, 2.45) is 0 Å². The largest absolute Gasteiger partial charge is 0.270 e. The van der Waals surface area contributed by atoms with Gasteiger partial charge in [0.1, 0.15) is 4.83 Å². The molecule has 0 atom stereocenters. The first kappa shape index (κ1) is 9.40. The zero-order chi connectivity index (χ0) is 9.97. The molecule has 14 heavy (non-hydrogen) atoms. The van der Waals surface area contributed by atoms with E-state index in [1.807, 2.05) is 6.07 Å². The Balaban J connectivity index is 2.47. The van der Waals surface area contributed by atoms with Gasteiger partial charge in [-0.05, 0) is 30.1 Å². The standard InChI is InChI=1S/C10H12N2OS/c1-2-3-7-12-10(13)8-5-4-6-11-9(8)14-12/h4-6H,2-3,7H2,1H3. The second-order valence-electron chi connectivity index (χ2n) is 3.21. The van der Waals surface area contributed by atoms with Gasteiger partial charge in [-0.3, -0.25) is 8.75 Å². The average Bonchev–Trinajstić information content (AvgIpc) is 2.54. The molecule has 0 aliphatic rings. The van der Waals surface area contributed by atoms with Gasteiger partial charge < -0.3 is 0 Å². The van der Waals surface area contributed by atoms with Crippen LogP contribution in [0.4, 0.5) is 0 Å². The Morgan fingerprint density at radius 1 is 1.57 bits per heavy atom. The summed E-state index contributed by atoms with van der Waals surface area (Å²) in [4.78, 5) is 16.8. The third-order valence-electron chi connectivity index (χ3n) is 2.14. The van der Waals surface area contributed by atoms with E-state index >= 15 is 0 Å². The van der Waals surface area contributed by atoms with Gasteiger partial charge in [0.25, 0.3) is 5.56 Å². The summed E-state index contributed by atoms with van der Waals surface area (Å²) in [6.07, 6.45) is 3.88. The molecule has 2 heterocycles. The maximum Gasteiger partial charge on any atom is 0.270 e. The van der Waals surface area contributed by atoms with E-state index in [0.717, 1.165) is 29.6 Å². The Labute approximate surface area is 86.2 Å². The molecule has 0 N–H and O–H groups in total. The zero-order valence-electron chi connectivity index (χ0n) is 8.06. The maximum absolute atomic E-state index is 11.8. The van der Waals surface area contributed by atoms with Gasteiger partial charge in [-0.15, -0.1) is 0 Å². The number of aromatic nitrogens is 2. The predicted octanol–water partition coefficient (Wildman–Crippen LogP) is 2.26. The average molecular weight is 208 g/mol. The summed E-state index contributed by atoms with van der Waals surface area (Å²) in [7, 11) is 0. The van der Waals surface area contributed by atoms with Crippen molar-refractivity contribution in [3.8, 4) is 0 Å². The molecular formula is C10H12N2OS. The SMILES string of the molecule is CCCCn1sc2ncccc2c1=O. The van der Waals surface area contributed by atoms with E-state index in [2.05, 4.69) is 11.9 Å². The van der Waals surface area contributed by atoms with Crippen molar-refractivity contribution in [1.82, 2.24) is 8.94 Å². The van der Waals surface area contributed by atoms with Crippen molar-refractivity contribution in [2.75, 3.05) is 0 Å². The minimum absolute atomic E-state index is 0.103. The van der Waals surface area contributed by atoms with Gasteiger partial charge in [0.2, 0.25) is 0 Å². The Kier molecular flexibility index (Phi) is 2.63. The molecule has 0 spiro atoms. The van der Waals surface area contributed by atoms with E-state index in [1.54, 1.807) is 16.2 Å². The molecule has 0 saturated carbocycles. The molecular weight excluding hydrogens is 196 g/mol. The van der Waals surface area contributed by atoms with Crippen LogP contribution in [0.15, 0.2) is 23.1 Å². The lowest BCUT2D eigenvalue weighted by Crippen LogP contribution is -2.12. The van der Waals surface area contributed by atoms with Gasteiger partial charge in [-0.1, -0.05) is 13.3 Å². The molecule has 0 amide bonds. The molecule has 2 aromatic heterocycles. The van der Waals surface area contributed by atoms with Crippen LogP contribution in [0.2, 0.25) is 0 Å². The fraction of sp³-hybridized carbons (Fsp3) is 0.400. The number of hydrogen-bond donors (Lipinski definition) is 0. The lowest BCUT2D eigenvalue weighted by atomic mass is 10.3. The summed E-state index contributed by atoms with van der Waals surface area (Å²) < 4.78 is 1.79. The highest BCUT2D eigenvalue weighted by Crippen LogP contribution is 2.13. The Hall–Kier alpha value is -1.16. The lowest BCUT2D eigenvalue weighted by molar-refractivity contribution is 0.660. The highest BCUT2D eigenvalue weighted by Gasteiger charge is 2.06. The number of pyridine rings is 1. The number of nitrogens with zero attached hydrogens (tertiary/aromatic N) is 2. The number of rotatable bonds is 3. The molecule has 2 rings (SSSR count). The van der Waals surface area contributed by atoms with Crippen molar-refractivity contribution in [1.29, 1.82) is 0 Å². The number of fused-ring (bicyclic) bond motifs is 1. The van der Waals surface area contributed by atoms with E-state index in [4.69, 9.17) is 0 Å². The van der Waals surface area contributed by atoms with Crippen LogP contribution in [0.1, 0.15) is 19.8 Å². The van der Waals surface area contributed by atoms with E-state index in [9.17, 15) is 4.79 Å². The maximum atomic E-state index is 11.8. The smallest absolute Gasteiger partial charge is 0.268 e. The molecule has 3 nitrogen and oxygen atoms in total. The van der Waals surface area contributed by atoms with Gasteiger partial charge in [0, 0.05) is 12.7 Å². The Morgan fingerprint density at radius 2 is 2.43 bits per heavy atom. The van der Waals surface area contributed by atoms with Crippen LogP contribution < -0.4 is 5.56 Å². The normalized spacial score (nSPS) is 10.9. The highest BCUT2D eigenvalue weighted by atomic mass is 32.1. The van der Waals surface area contributed by atoms with E-state index in [1.165, 1.54) is 11.5 Å². The first-order chi connectivity index (χ1) is 6.83. The van der Waals surface area contributed by atoms with Crippen molar-refractivity contribution >= 4 is 21.7 Å². The van der Waals surface area contributed by atoms with Crippen molar-refractivity contribution in [3.63, 3.8) is 0 Å². The zero-order valence-corrected chi connectivity index (χ0v) is 8.88. The Bertz CT molecular complexity index is 486. The summed E-state index contributed by atoms with van der Waals surface area (Å²) in [6.45, 7) is 2.94. The first-order valence-electron chi connectivity index (χ1n) is 4.77. The molecule has 0 fully saturated rings. The molecule has 4 heteroatoms. The van der Waals surface area contributed by atoms with Gasteiger partial charge in [-0.25, -0.2) is 4.98 Å². The summed E-state index contributed by atoms with van der Waals surface area (Å²) >= 11 is 1.46. The van der Waals surface area contributed by atoms with Gasteiger partial charge in [0.05, 0.1) is 5.39 Å². The van der Waals surface area contributed by atoms with Gasteiger partial charge in [-0.2, -0.15) is 0 Å². The molecule has 74 valence electrons. The minimum atomic E-state index is 0.103. The van der Waals surface area contributed by atoms with Crippen LogP contribution in [-0.4, -0.2) is 8.94 Å². The fourth-order valence-electron chi connectivity index (χ4n) is 1.36. The van der Waals surface area contributed by atoms with Gasteiger partial charge in [0.15, 0.2) is 0 Å². The van der Waals surface area contributed by atoms with E-state index < -0.39 is 0 Å². The molecule has 0 radical (unpaired) electrons. The first-order valence-corrected chi connectivity index (χ1v) is 5.55. The molecule has 0 bridgehead atoms. The summed E-state index contributed by atoms with van der Waals surface area (Å²) in [6, 6.07) is 3.64. The molecule has 0 aliphatic heterocycles. The highest BCUT2D eigenvalue weighted by molar-refractivity contribution is 7.13. The van der Waals surface area contributed by atoms with Crippen molar-refractivity contribution < 1.29 is 0 Å². The van der Waals surface area contributed by atoms with Crippen LogP contribution >= 0.6 is 11.5 Å². The fourth-order valence-corrected chi connectivity index (χ4v) is 2.33. The van der Waals surface area contributed by atoms with Crippen LogP contribution in [0.5, 0.6) is 0 Å². The Morgan fingerprint density at radius 3 is 3.14 bits per heavy atom. The van der Waals surface area contributed by atoms with Crippen LogP contribution in [0.25, 0.3) is 10.2 Å².